The normalized spacial score (nSPS) is 11.9. The number of hydrogen-bond acceptors (Lipinski definition) is 3. The first kappa shape index (κ1) is 15.6. The summed E-state index contributed by atoms with van der Waals surface area (Å²) in [6, 6.07) is -0.545. The van der Waals surface area contributed by atoms with Gasteiger partial charge in [0.25, 0.3) is 0 Å². The van der Waals surface area contributed by atoms with Crippen molar-refractivity contribution in [2.75, 3.05) is 0 Å². The molecule has 0 spiro atoms. The van der Waals surface area contributed by atoms with E-state index in [1.54, 1.807) is 13.1 Å². The number of hydrogen-bond donors (Lipinski definition) is 2. The summed E-state index contributed by atoms with van der Waals surface area (Å²) in [4.78, 5) is 14.8. The van der Waals surface area contributed by atoms with Crippen LogP contribution in [0.4, 0.5) is 0 Å². The van der Waals surface area contributed by atoms with Gasteiger partial charge in [-0.25, -0.2) is 4.98 Å². The van der Waals surface area contributed by atoms with Crippen molar-refractivity contribution in [1.29, 1.82) is 0 Å². The number of aryl methyl sites for hydroxylation is 1. The molecule has 0 bridgehead atoms. The lowest BCUT2D eigenvalue weighted by Crippen LogP contribution is -2.33. The highest BCUT2D eigenvalue weighted by molar-refractivity contribution is 5.72. The van der Waals surface area contributed by atoms with E-state index in [9.17, 15) is 4.79 Å². The van der Waals surface area contributed by atoms with Crippen molar-refractivity contribution in [3.8, 4) is 0 Å². The molecule has 1 rings (SSSR count). The van der Waals surface area contributed by atoms with Crippen molar-refractivity contribution in [3.63, 3.8) is 0 Å². The van der Waals surface area contributed by atoms with E-state index in [1.165, 1.54) is 0 Å². The highest BCUT2D eigenvalue weighted by atomic mass is 16.4. The molecule has 1 aromatic rings. The number of nitrogens with one attached hydrogen (secondary N) is 1. The third-order valence-corrected chi connectivity index (χ3v) is 2.49. The lowest BCUT2D eigenvalue weighted by atomic mass is 10.3. The highest BCUT2D eigenvalue weighted by Gasteiger charge is 2.11. The Labute approximate surface area is 103 Å². The fourth-order valence-electron chi connectivity index (χ4n) is 1.37. The minimum absolute atomic E-state index is 0. The number of carboxylic acids is 1. The summed E-state index contributed by atoms with van der Waals surface area (Å²) in [6.07, 6.45) is 5.92. The average molecular weight is 241 g/mol. The molecule has 1 unspecified atom stereocenters. The second kappa shape index (κ2) is 7.84. The van der Waals surface area contributed by atoms with Gasteiger partial charge < -0.3 is 9.67 Å². The van der Waals surface area contributed by atoms with Gasteiger partial charge in [0.05, 0.1) is 6.54 Å². The van der Waals surface area contributed by atoms with Crippen LogP contribution < -0.4 is 5.32 Å². The third kappa shape index (κ3) is 4.99. The third-order valence-electron chi connectivity index (χ3n) is 2.49. The van der Waals surface area contributed by atoms with Crippen LogP contribution >= 0.6 is 0 Å². The summed E-state index contributed by atoms with van der Waals surface area (Å²) in [5.41, 5.74) is 0. The van der Waals surface area contributed by atoms with Crippen LogP contribution in [0.5, 0.6) is 0 Å². The SMILES string of the molecule is C.CCCCn1ccnc1CNC(C)C(=O)O. The molecule has 0 fully saturated rings. The van der Waals surface area contributed by atoms with Gasteiger partial charge in [-0.2, -0.15) is 0 Å². The van der Waals surface area contributed by atoms with E-state index in [0.717, 1.165) is 25.2 Å². The molecule has 0 aromatic carbocycles. The molecule has 5 nitrogen and oxygen atoms in total. The van der Waals surface area contributed by atoms with Gasteiger partial charge in [-0.05, 0) is 13.3 Å². The summed E-state index contributed by atoms with van der Waals surface area (Å²) in [5, 5.41) is 11.7. The van der Waals surface area contributed by atoms with E-state index >= 15 is 0 Å². The monoisotopic (exact) mass is 241 g/mol. The standard InChI is InChI=1S/C11H19N3O2.CH4/c1-3-4-6-14-7-5-12-10(14)8-13-9(2)11(15)16;/h5,7,9,13H,3-4,6,8H2,1-2H3,(H,15,16);1H4. The van der Waals surface area contributed by atoms with Gasteiger partial charge in [0.15, 0.2) is 0 Å². The van der Waals surface area contributed by atoms with E-state index in [2.05, 4.69) is 21.8 Å². The van der Waals surface area contributed by atoms with Crippen LogP contribution in [0.2, 0.25) is 0 Å². The molecule has 1 aromatic heterocycles. The fourth-order valence-corrected chi connectivity index (χ4v) is 1.37. The molecule has 0 aliphatic carbocycles. The molecular weight excluding hydrogens is 218 g/mol. The zero-order chi connectivity index (χ0) is 12.0. The molecule has 2 N–H and O–H groups in total. The van der Waals surface area contributed by atoms with Gasteiger partial charge in [-0.1, -0.05) is 20.8 Å². The zero-order valence-corrected chi connectivity index (χ0v) is 9.81. The Kier molecular flexibility index (Phi) is 7.21. The number of imidazole rings is 1. The van der Waals surface area contributed by atoms with Crippen LogP contribution in [-0.2, 0) is 17.9 Å². The summed E-state index contributed by atoms with van der Waals surface area (Å²) in [6.45, 7) is 5.20. The first-order valence-corrected chi connectivity index (χ1v) is 5.61. The summed E-state index contributed by atoms with van der Waals surface area (Å²) in [7, 11) is 0. The molecule has 0 amide bonds. The smallest absolute Gasteiger partial charge is 0.320 e. The number of nitrogens with zero attached hydrogens (tertiary/aromatic N) is 2. The van der Waals surface area contributed by atoms with E-state index in [-0.39, 0.29) is 7.43 Å². The Morgan fingerprint density at radius 1 is 1.65 bits per heavy atom. The van der Waals surface area contributed by atoms with Gasteiger partial charge in [-0.15, -0.1) is 0 Å². The van der Waals surface area contributed by atoms with Crippen LogP contribution in [0.1, 0.15) is 39.9 Å². The summed E-state index contributed by atoms with van der Waals surface area (Å²) < 4.78 is 2.06. The number of aromatic nitrogens is 2. The van der Waals surface area contributed by atoms with Crippen LogP contribution in [-0.4, -0.2) is 26.7 Å². The molecule has 0 saturated carbocycles. The first-order valence-electron chi connectivity index (χ1n) is 5.61. The van der Waals surface area contributed by atoms with Gasteiger partial charge in [0.2, 0.25) is 0 Å². The van der Waals surface area contributed by atoms with Crippen molar-refractivity contribution in [3.05, 3.63) is 18.2 Å². The van der Waals surface area contributed by atoms with E-state index in [4.69, 9.17) is 5.11 Å². The topological polar surface area (TPSA) is 67.2 Å². The van der Waals surface area contributed by atoms with E-state index < -0.39 is 12.0 Å². The van der Waals surface area contributed by atoms with Gasteiger partial charge in [0.1, 0.15) is 11.9 Å². The van der Waals surface area contributed by atoms with E-state index in [1.807, 2.05) is 6.20 Å². The van der Waals surface area contributed by atoms with Crippen LogP contribution in [0.25, 0.3) is 0 Å². The lowest BCUT2D eigenvalue weighted by Gasteiger charge is -2.10. The minimum atomic E-state index is -0.841. The van der Waals surface area contributed by atoms with Crippen LogP contribution in [0.3, 0.4) is 0 Å². The van der Waals surface area contributed by atoms with Crippen molar-refractivity contribution in [2.24, 2.45) is 0 Å². The van der Waals surface area contributed by atoms with Crippen molar-refractivity contribution >= 4 is 5.97 Å². The van der Waals surface area contributed by atoms with Gasteiger partial charge >= 0.3 is 5.97 Å². The number of carboxylic acid groups (broad SMARTS) is 1. The second-order valence-corrected chi connectivity index (χ2v) is 3.83. The average Bonchev–Trinajstić information content (AvgIpc) is 2.70. The Morgan fingerprint density at radius 3 is 2.94 bits per heavy atom. The largest absolute Gasteiger partial charge is 0.480 e. The predicted octanol–water partition coefficient (Wildman–Crippen LogP) is 1.88. The van der Waals surface area contributed by atoms with Crippen LogP contribution in [0, 0.1) is 0 Å². The molecule has 0 radical (unpaired) electrons. The molecule has 0 saturated heterocycles. The lowest BCUT2D eigenvalue weighted by molar-refractivity contribution is -0.139. The maximum Gasteiger partial charge on any atom is 0.320 e. The number of aliphatic carboxylic acids is 1. The highest BCUT2D eigenvalue weighted by Crippen LogP contribution is 2.01. The van der Waals surface area contributed by atoms with Crippen molar-refractivity contribution < 1.29 is 9.90 Å². The van der Waals surface area contributed by atoms with E-state index in [0.29, 0.717) is 6.54 Å². The number of unbranched alkanes of at least 4 members (excludes halogenated alkanes) is 1. The molecule has 1 atom stereocenters. The molecule has 0 aliphatic heterocycles. The first-order chi connectivity index (χ1) is 7.65. The zero-order valence-electron chi connectivity index (χ0n) is 9.81. The Balaban J connectivity index is 0.00000256. The van der Waals surface area contributed by atoms with Crippen molar-refractivity contribution in [2.45, 2.75) is 53.2 Å². The molecule has 1 heterocycles. The minimum Gasteiger partial charge on any atom is -0.480 e. The Bertz CT molecular complexity index is 336. The molecule has 5 heteroatoms. The molecule has 98 valence electrons. The molecule has 17 heavy (non-hydrogen) atoms. The second-order valence-electron chi connectivity index (χ2n) is 3.83. The predicted molar refractivity (Wildman–Crippen MR) is 67.8 cm³/mol. The van der Waals surface area contributed by atoms with Gasteiger partial charge in [-0.3, -0.25) is 10.1 Å². The fraction of sp³-hybridized carbons (Fsp3) is 0.667. The maximum atomic E-state index is 10.6. The Hall–Kier alpha value is -1.36. The number of carbonyl (C=O) groups is 1. The van der Waals surface area contributed by atoms with Crippen molar-refractivity contribution in [1.82, 2.24) is 14.9 Å². The maximum absolute atomic E-state index is 10.6. The number of rotatable bonds is 7. The quantitative estimate of drug-likeness (QED) is 0.765. The summed E-state index contributed by atoms with van der Waals surface area (Å²) in [5.74, 6) is 0.0493. The molecule has 0 aliphatic rings. The summed E-state index contributed by atoms with van der Waals surface area (Å²) >= 11 is 0. The van der Waals surface area contributed by atoms with Gasteiger partial charge in [0, 0.05) is 18.9 Å². The van der Waals surface area contributed by atoms with Crippen LogP contribution in [0.15, 0.2) is 12.4 Å². The molecular formula is C12H23N3O2. The Morgan fingerprint density at radius 2 is 2.35 bits per heavy atom.